The summed E-state index contributed by atoms with van der Waals surface area (Å²) in [5.74, 6) is -0.899. The molecule has 1 aromatic carbocycles. The zero-order valence-electron chi connectivity index (χ0n) is 14.4. The molecule has 1 heterocycles. The van der Waals surface area contributed by atoms with Crippen LogP contribution >= 0.6 is 39.9 Å². The highest BCUT2D eigenvalue weighted by Gasteiger charge is 2.11. The fourth-order valence-electron chi connectivity index (χ4n) is 2.48. The average Bonchev–Trinajstić information content (AvgIpc) is 2.85. The second-order valence-corrected chi connectivity index (χ2v) is 6.47. The van der Waals surface area contributed by atoms with E-state index in [0.29, 0.717) is 31.0 Å². The highest BCUT2D eigenvalue weighted by molar-refractivity contribution is 14.0. The van der Waals surface area contributed by atoms with Gasteiger partial charge in [-0.15, -0.1) is 24.0 Å². The van der Waals surface area contributed by atoms with Crippen molar-refractivity contribution >= 4 is 45.9 Å². The van der Waals surface area contributed by atoms with Gasteiger partial charge in [0.2, 0.25) is 0 Å². The molecule has 0 aliphatic carbocycles. The number of guanidine groups is 1. The van der Waals surface area contributed by atoms with Gasteiger partial charge in [0.1, 0.15) is 0 Å². The lowest BCUT2D eigenvalue weighted by atomic mass is 10.1. The molecular formula is C17H22BrF2IN4. The SMILES string of the molecule is CN=C(NCCc1cccc(F)c1F)N(C)Cc1cc(Br)cn1C.I. The minimum Gasteiger partial charge on any atom is -0.356 e. The van der Waals surface area contributed by atoms with E-state index in [-0.39, 0.29) is 24.0 Å². The van der Waals surface area contributed by atoms with Gasteiger partial charge in [-0.3, -0.25) is 4.99 Å². The number of benzene rings is 1. The summed E-state index contributed by atoms with van der Waals surface area (Å²) >= 11 is 3.46. The topological polar surface area (TPSA) is 32.6 Å². The molecule has 0 unspecified atom stereocenters. The Labute approximate surface area is 172 Å². The first-order valence-electron chi connectivity index (χ1n) is 7.57. The number of nitrogens with one attached hydrogen (secondary N) is 1. The number of hydrogen-bond donors (Lipinski definition) is 1. The average molecular weight is 527 g/mol. The molecule has 2 aromatic rings. The van der Waals surface area contributed by atoms with Crippen molar-refractivity contribution in [2.24, 2.45) is 12.0 Å². The quantitative estimate of drug-likeness (QED) is 0.364. The lowest BCUT2D eigenvalue weighted by molar-refractivity contribution is 0.461. The van der Waals surface area contributed by atoms with Crippen molar-refractivity contribution < 1.29 is 8.78 Å². The maximum Gasteiger partial charge on any atom is 0.193 e. The number of aryl methyl sites for hydroxylation is 1. The predicted octanol–water partition coefficient (Wildman–Crippen LogP) is 3.93. The lowest BCUT2D eigenvalue weighted by Gasteiger charge is -2.22. The van der Waals surface area contributed by atoms with Crippen molar-refractivity contribution in [2.75, 3.05) is 20.6 Å². The lowest BCUT2D eigenvalue weighted by Crippen LogP contribution is -2.39. The van der Waals surface area contributed by atoms with Crippen LogP contribution in [0.15, 0.2) is 39.9 Å². The van der Waals surface area contributed by atoms with E-state index < -0.39 is 11.6 Å². The van der Waals surface area contributed by atoms with Crippen LogP contribution in [0.4, 0.5) is 8.78 Å². The van der Waals surface area contributed by atoms with Gasteiger partial charge in [0.25, 0.3) is 0 Å². The van der Waals surface area contributed by atoms with E-state index in [0.717, 1.165) is 16.2 Å². The van der Waals surface area contributed by atoms with E-state index in [2.05, 4.69) is 26.2 Å². The molecule has 0 atom stereocenters. The number of aromatic nitrogens is 1. The van der Waals surface area contributed by atoms with Gasteiger partial charge in [0.05, 0.1) is 6.54 Å². The molecule has 0 aliphatic rings. The third-order valence-corrected chi connectivity index (χ3v) is 4.19. The molecule has 4 nitrogen and oxygen atoms in total. The monoisotopic (exact) mass is 526 g/mol. The van der Waals surface area contributed by atoms with Gasteiger partial charge in [-0.2, -0.15) is 0 Å². The summed E-state index contributed by atoms with van der Waals surface area (Å²) in [5.41, 5.74) is 1.48. The summed E-state index contributed by atoms with van der Waals surface area (Å²) < 4.78 is 29.9. The Hall–Kier alpha value is -1.16. The third-order valence-electron chi connectivity index (χ3n) is 3.76. The van der Waals surface area contributed by atoms with Crippen LogP contribution in [0.5, 0.6) is 0 Å². The normalized spacial score (nSPS) is 11.2. The van der Waals surface area contributed by atoms with Crippen molar-refractivity contribution in [1.82, 2.24) is 14.8 Å². The molecule has 2 rings (SSSR count). The Balaban J connectivity index is 0.00000312. The Morgan fingerprint density at radius 1 is 1.36 bits per heavy atom. The maximum absolute atomic E-state index is 13.7. The fraction of sp³-hybridized carbons (Fsp3) is 0.353. The van der Waals surface area contributed by atoms with Crippen molar-refractivity contribution in [3.63, 3.8) is 0 Å². The molecular weight excluding hydrogens is 505 g/mol. The number of nitrogens with zero attached hydrogens (tertiary/aromatic N) is 3. The van der Waals surface area contributed by atoms with E-state index in [9.17, 15) is 8.78 Å². The molecule has 0 aliphatic heterocycles. The van der Waals surface area contributed by atoms with Crippen LogP contribution in [-0.2, 0) is 20.0 Å². The van der Waals surface area contributed by atoms with Gasteiger partial charge in [0, 0.05) is 44.1 Å². The first-order valence-corrected chi connectivity index (χ1v) is 8.37. The van der Waals surface area contributed by atoms with Crippen molar-refractivity contribution in [3.8, 4) is 0 Å². The van der Waals surface area contributed by atoms with E-state index >= 15 is 0 Å². The summed E-state index contributed by atoms with van der Waals surface area (Å²) in [5, 5.41) is 3.18. The highest BCUT2D eigenvalue weighted by atomic mass is 127. The number of hydrogen-bond acceptors (Lipinski definition) is 1. The van der Waals surface area contributed by atoms with Crippen molar-refractivity contribution in [1.29, 1.82) is 0 Å². The van der Waals surface area contributed by atoms with E-state index in [1.165, 1.54) is 6.07 Å². The molecule has 1 N–H and O–H groups in total. The van der Waals surface area contributed by atoms with Gasteiger partial charge in [0.15, 0.2) is 17.6 Å². The summed E-state index contributed by atoms with van der Waals surface area (Å²) in [7, 11) is 5.61. The van der Waals surface area contributed by atoms with Crippen LogP contribution in [-0.4, -0.2) is 36.1 Å². The molecule has 8 heteroatoms. The Morgan fingerprint density at radius 2 is 2.08 bits per heavy atom. The predicted molar refractivity (Wildman–Crippen MR) is 111 cm³/mol. The molecule has 0 fully saturated rings. The molecule has 0 amide bonds. The van der Waals surface area contributed by atoms with Gasteiger partial charge in [-0.05, 0) is 40.0 Å². The van der Waals surface area contributed by atoms with Crippen LogP contribution in [0, 0.1) is 11.6 Å². The minimum absolute atomic E-state index is 0. The number of rotatable bonds is 5. The van der Waals surface area contributed by atoms with Gasteiger partial charge >= 0.3 is 0 Å². The molecule has 0 radical (unpaired) electrons. The van der Waals surface area contributed by atoms with Gasteiger partial charge < -0.3 is 14.8 Å². The van der Waals surface area contributed by atoms with Crippen LogP contribution < -0.4 is 5.32 Å². The smallest absolute Gasteiger partial charge is 0.193 e. The van der Waals surface area contributed by atoms with Crippen molar-refractivity contribution in [2.45, 2.75) is 13.0 Å². The van der Waals surface area contributed by atoms with E-state index in [1.807, 2.05) is 35.8 Å². The first-order chi connectivity index (χ1) is 11.4. The number of halogens is 4. The zero-order chi connectivity index (χ0) is 17.7. The molecule has 138 valence electrons. The minimum atomic E-state index is -0.816. The fourth-order valence-corrected chi connectivity index (χ4v) is 3.05. The van der Waals surface area contributed by atoms with E-state index in [1.54, 1.807) is 13.1 Å². The van der Waals surface area contributed by atoms with Gasteiger partial charge in [-0.1, -0.05) is 12.1 Å². The zero-order valence-corrected chi connectivity index (χ0v) is 18.3. The Kier molecular flexibility index (Phi) is 8.84. The highest BCUT2D eigenvalue weighted by Crippen LogP contribution is 2.15. The standard InChI is InChI=1S/C17H21BrF2N4.HI/c1-21-17(24(3)11-14-9-13(18)10-23(14)2)22-8-7-12-5-4-6-15(19)16(12)20;/h4-6,9-10H,7-8,11H2,1-3H3,(H,21,22);1H. The van der Waals surface area contributed by atoms with E-state index in [4.69, 9.17) is 0 Å². The summed E-state index contributed by atoms with van der Waals surface area (Å²) in [6, 6.07) is 6.28. The molecule has 0 spiro atoms. The Morgan fingerprint density at radius 3 is 2.68 bits per heavy atom. The number of aliphatic imine (C=N–C) groups is 1. The second-order valence-electron chi connectivity index (χ2n) is 5.55. The summed E-state index contributed by atoms with van der Waals surface area (Å²) in [6.45, 7) is 1.14. The van der Waals surface area contributed by atoms with Crippen LogP contribution in [0.1, 0.15) is 11.3 Å². The molecule has 1 aromatic heterocycles. The maximum atomic E-state index is 13.7. The molecule has 25 heavy (non-hydrogen) atoms. The van der Waals surface area contributed by atoms with Crippen LogP contribution in [0.3, 0.4) is 0 Å². The van der Waals surface area contributed by atoms with Crippen molar-refractivity contribution in [3.05, 3.63) is 57.8 Å². The summed E-state index contributed by atoms with van der Waals surface area (Å²) in [6.07, 6.45) is 2.37. The second kappa shape index (κ2) is 10.1. The molecule has 0 saturated carbocycles. The summed E-state index contributed by atoms with van der Waals surface area (Å²) in [4.78, 5) is 6.21. The van der Waals surface area contributed by atoms with Crippen LogP contribution in [0.25, 0.3) is 0 Å². The van der Waals surface area contributed by atoms with Gasteiger partial charge in [-0.25, -0.2) is 8.78 Å². The first kappa shape index (κ1) is 21.9. The Bertz CT molecular complexity index is 733. The molecule has 0 bridgehead atoms. The third kappa shape index (κ3) is 5.95. The molecule has 0 saturated heterocycles. The largest absolute Gasteiger partial charge is 0.356 e. The van der Waals surface area contributed by atoms with Crippen LogP contribution in [0.2, 0.25) is 0 Å².